The minimum Gasteiger partial charge on any atom is -0.351 e. The topological polar surface area (TPSA) is 45.7 Å². The van der Waals surface area contributed by atoms with Crippen LogP contribution in [0.4, 0.5) is 0 Å². The van der Waals surface area contributed by atoms with Crippen LogP contribution in [0.15, 0.2) is 0 Å². The van der Waals surface area contributed by atoms with E-state index in [-0.39, 0.29) is 11.9 Å². The second-order valence-electron chi connectivity index (χ2n) is 3.06. The Morgan fingerprint density at radius 2 is 2.55 bits per heavy atom. The zero-order chi connectivity index (χ0) is 8.10. The lowest BCUT2D eigenvalue weighted by atomic mass is 10.2. The van der Waals surface area contributed by atoms with Gasteiger partial charge in [-0.15, -0.1) is 0 Å². The van der Waals surface area contributed by atoms with Gasteiger partial charge in [0, 0.05) is 19.4 Å². The Hall–Kier alpha value is -0.570. The van der Waals surface area contributed by atoms with Crippen LogP contribution in [0.1, 0.15) is 26.2 Å². The van der Waals surface area contributed by atoms with E-state index in [0.29, 0.717) is 0 Å². The van der Waals surface area contributed by atoms with E-state index in [4.69, 9.17) is 0 Å². The van der Waals surface area contributed by atoms with Crippen LogP contribution in [-0.2, 0) is 4.79 Å². The van der Waals surface area contributed by atoms with E-state index >= 15 is 0 Å². The van der Waals surface area contributed by atoms with Crippen molar-refractivity contribution in [3.8, 4) is 0 Å². The lowest BCUT2D eigenvalue weighted by molar-refractivity contribution is -0.657. The van der Waals surface area contributed by atoms with Crippen LogP contribution < -0.4 is 10.6 Å². The molecule has 1 atom stereocenters. The molecule has 1 heterocycles. The second kappa shape index (κ2) is 4.34. The molecule has 1 amide bonds. The fourth-order valence-electron chi connectivity index (χ4n) is 1.39. The minimum atomic E-state index is 0.210. The molecule has 0 radical (unpaired) electrons. The smallest absolute Gasteiger partial charge is 0.278 e. The van der Waals surface area contributed by atoms with Crippen molar-refractivity contribution in [1.82, 2.24) is 5.32 Å². The molecule has 1 aliphatic rings. The summed E-state index contributed by atoms with van der Waals surface area (Å²) in [6.45, 7) is 4.01. The van der Waals surface area contributed by atoms with Crippen LogP contribution in [0.2, 0.25) is 0 Å². The van der Waals surface area contributed by atoms with Gasteiger partial charge in [-0.1, -0.05) is 6.92 Å². The number of nitrogens with two attached hydrogens (primary N) is 1. The zero-order valence-corrected chi connectivity index (χ0v) is 7.10. The molecule has 1 aliphatic heterocycles. The summed E-state index contributed by atoms with van der Waals surface area (Å²) in [4.78, 5) is 11.3. The molecule has 3 nitrogen and oxygen atoms in total. The Kier molecular flexibility index (Phi) is 3.36. The summed E-state index contributed by atoms with van der Waals surface area (Å²) in [5, 5.41) is 5.03. The molecule has 0 spiro atoms. The van der Waals surface area contributed by atoms with Crippen LogP contribution in [0.25, 0.3) is 0 Å². The van der Waals surface area contributed by atoms with Gasteiger partial charge in [0.25, 0.3) is 5.91 Å². The fraction of sp³-hybridized carbons (Fsp3) is 0.875. The summed E-state index contributed by atoms with van der Waals surface area (Å²) in [6.07, 6.45) is 3.26. The molecule has 11 heavy (non-hydrogen) atoms. The Balaban J connectivity index is 2.17. The summed E-state index contributed by atoms with van der Waals surface area (Å²) in [5.41, 5.74) is 0. The van der Waals surface area contributed by atoms with Gasteiger partial charge in [0.05, 0.1) is 6.54 Å². The molecule has 0 bridgehead atoms. The molecule has 3 N–H and O–H groups in total. The Labute approximate surface area is 67.5 Å². The number of carbonyl (C=O) groups excluding carboxylic acids is 1. The molecule has 3 heteroatoms. The normalized spacial score (nSPS) is 23.5. The van der Waals surface area contributed by atoms with Gasteiger partial charge in [0.1, 0.15) is 0 Å². The average Bonchev–Trinajstić information content (AvgIpc) is 2.52. The van der Waals surface area contributed by atoms with Crippen molar-refractivity contribution in [2.75, 3.05) is 13.1 Å². The first kappa shape index (κ1) is 8.53. The van der Waals surface area contributed by atoms with Crippen molar-refractivity contribution >= 4 is 5.91 Å². The molecular formula is C8H17N2O+. The SMILES string of the molecule is CCCNC(=O)[C@H]1CCC[NH2+]1. The first-order valence-corrected chi connectivity index (χ1v) is 4.45. The standard InChI is InChI=1S/C8H16N2O/c1-2-5-10-8(11)7-4-3-6-9-7/h7,9H,2-6H2,1H3,(H,10,11)/p+1/t7-/m1/s1. The van der Waals surface area contributed by atoms with E-state index in [9.17, 15) is 4.79 Å². The maximum Gasteiger partial charge on any atom is 0.278 e. The van der Waals surface area contributed by atoms with Gasteiger partial charge in [-0.3, -0.25) is 4.79 Å². The van der Waals surface area contributed by atoms with Crippen molar-refractivity contribution in [3.05, 3.63) is 0 Å². The van der Waals surface area contributed by atoms with Gasteiger partial charge in [-0.2, -0.15) is 0 Å². The van der Waals surface area contributed by atoms with Gasteiger partial charge in [-0.25, -0.2) is 0 Å². The summed E-state index contributed by atoms with van der Waals surface area (Å²) in [5.74, 6) is 0.226. The molecule has 0 aromatic heterocycles. The van der Waals surface area contributed by atoms with E-state index in [2.05, 4.69) is 17.6 Å². The molecule has 0 unspecified atom stereocenters. The van der Waals surface area contributed by atoms with Crippen LogP contribution in [0.3, 0.4) is 0 Å². The Morgan fingerprint density at radius 1 is 1.73 bits per heavy atom. The Bertz CT molecular complexity index is 130. The molecule has 64 valence electrons. The number of carbonyl (C=O) groups is 1. The quantitative estimate of drug-likeness (QED) is 0.555. The third-order valence-corrected chi connectivity index (χ3v) is 2.06. The van der Waals surface area contributed by atoms with E-state index in [1.807, 2.05) is 0 Å². The van der Waals surface area contributed by atoms with E-state index < -0.39 is 0 Å². The lowest BCUT2D eigenvalue weighted by Crippen LogP contribution is -2.89. The van der Waals surface area contributed by atoms with Gasteiger partial charge < -0.3 is 10.6 Å². The van der Waals surface area contributed by atoms with Crippen molar-refractivity contribution in [3.63, 3.8) is 0 Å². The second-order valence-corrected chi connectivity index (χ2v) is 3.06. The molecule has 0 aromatic rings. The highest BCUT2D eigenvalue weighted by atomic mass is 16.2. The number of hydrogen-bond acceptors (Lipinski definition) is 1. The molecule has 1 fully saturated rings. The van der Waals surface area contributed by atoms with Gasteiger partial charge in [0.2, 0.25) is 0 Å². The van der Waals surface area contributed by atoms with Crippen LogP contribution >= 0.6 is 0 Å². The van der Waals surface area contributed by atoms with Crippen LogP contribution in [0.5, 0.6) is 0 Å². The number of hydrogen-bond donors (Lipinski definition) is 2. The predicted octanol–water partition coefficient (Wildman–Crippen LogP) is -0.762. The van der Waals surface area contributed by atoms with Crippen molar-refractivity contribution < 1.29 is 10.1 Å². The van der Waals surface area contributed by atoms with Gasteiger partial charge >= 0.3 is 0 Å². The molecule has 1 rings (SSSR count). The number of nitrogens with one attached hydrogen (secondary N) is 1. The summed E-state index contributed by atoms with van der Waals surface area (Å²) < 4.78 is 0. The lowest BCUT2D eigenvalue weighted by Gasteiger charge is -2.06. The largest absolute Gasteiger partial charge is 0.351 e. The van der Waals surface area contributed by atoms with E-state index in [0.717, 1.165) is 25.9 Å². The first-order chi connectivity index (χ1) is 5.34. The van der Waals surface area contributed by atoms with Crippen molar-refractivity contribution in [2.24, 2.45) is 0 Å². The van der Waals surface area contributed by atoms with Crippen LogP contribution in [0, 0.1) is 0 Å². The van der Waals surface area contributed by atoms with Crippen molar-refractivity contribution in [2.45, 2.75) is 32.2 Å². The maximum atomic E-state index is 11.3. The highest BCUT2D eigenvalue weighted by Crippen LogP contribution is 1.96. The zero-order valence-electron chi connectivity index (χ0n) is 7.10. The summed E-state index contributed by atoms with van der Waals surface area (Å²) in [7, 11) is 0. The molecular weight excluding hydrogens is 140 g/mol. The molecule has 0 aliphatic carbocycles. The highest BCUT2D eigenvalue weighted by Gasteiger charge is 2.25. The van der Waals surface area contributed by atoms with E-state index in [1.54, 1.807) is 0 Å². The number of rotatable bonds is 3. The number of quaternary nitrogens is 1. The van der Waals surface area contributed by atoms with E-state index in [1.165, 1.54) is 6.42 Å². The minimum absolute atomic E-state index is 0.210. The molecule has 1 saturated heterocycles. The monoisotopic (exact) mass is 157 g/mol. The summed E-state index contributed by atoms with van der Waals surface area (Å²) in [6, 6.07) is 0.210. The van der Waals surface area contributed by atoms with Gasteiger partial charge in [0.15, 0.2) is 6.04 Å². The average molecular weight is 157 g/mol. The fourth-order valence-corrected chi connectivity index (χ4v) is 1.39. The maximum absolute atomic E-state index is 11.3. The predicted molar refractivity (Wildman–Crippen MR) is 43.1 cm³/mol. The van der Waals surface area contributed by atoms with Crippen molar-refractivity contribution in [1.29, 1.82) is 0 Å². The molecule has 0 aromatic carbocycles. The third-order valence-electron chi connectivity index (χ3n) is 2.06. The van der Waals surface area contributed by atoms with Crippen LogP contribution in [-0.4, -0.2) is 25.0 Å². The Morgan fingerprint density at radius 3 is 3.09 bits per heavy atom. The summed E-state index contributed by atoms with van der Waals surface area (Å²) >= 11 is 0. The number of amides is 1. The molecule has 0 saturated carbocycles. The third kappa shape index (κ3) is 2.50. The highest BCUT2D eigenvalue weighted by molar-refractivity contribution is 5.80. The first-order valence-electron chi connectivity index (χ1n) is 4.45. The van der Waals surface area contributed by atoms with Gasteiger partial charge in [-0.05, 0) is 6.42 Å².